The zero-order chi connectivity index (χ0) is 11.8. The number of carboxylic acids is 1. The summed E-state index contributed by atoms with van der Waals surface area (Å²) >= 11 is 0. The standard InChI is InChI=1S/C11H23NO3/c1-9(2)4-6-12(8-10(3)13)7-5-11(14)15/h9-10,13H,4-8H2,1-3H3,(H,14,15). The lowest BCUT2D eigenvalue weighted by Gasteiger charge is -2.23. The first-order valence-electron chi connectivity index (χ1n) is 5.54. The maximum absolute atomic E-state index is 10.4. The molecule has 0 aromatic rings. The Bertz CT molecular complexity index is 181. The number of hydrogen-bond acceptors (Lipinski definition) is 3. The molecule has 90 valence electrons. The Morgan fingerprint density at radius 2 is 1.87 bits per heavy atom. The number of aliphatic hydroxyl groups excluding tert-OH is 1. The van der Waals surface area contributed by atoms with Crippen LogP contribution >= 0.6 is 0 Å². The van der Waals surface area contributed by atoms with Gasteiger partial charge < -0.3 is 15.1 Å². The summed E-state index contributed by atoms with van der Waals surface area (Å²) in [5, 5.41) is 17.8. The molecule has 0 radical (unpaired) electrons. The van der Waals surface area contributed by atoms with Crippen molar-refractivity contribution < 1.29 is 15.0 Å². The molecule has 0 aliphatic rings. The van der Waals surface area contributed by atoms with Gasteiger partial charge in [0.2, 0.25) is 0 Å². The molecule has 0 aromatic heterocycles. The lowest BCUT2D eigenvalue weighted by atomic mass is 10.1. The van der Waals surface area contributed by atoms with E-state index in [1.54, 1.807) is 6.92 Å². The third-order valence-electron chi connectivity index (χ3n) is 2.19. The number of nitrogens with zero attached hydrogens (tertiary/aromatic N) is 1. The monoisotopic (exact) mass is 217 g/mol. The fourth-order valence-electron chi connectivity index (χ4n) is 1.36. The van der Waals surface area contributed by atoms with Crippen molar-refractivity contribution in [2.75, 3.05) is 19.6 Å². The van der Waals surface area contributed by atoms with Gasteiger partial charge in [-0.3, -0.25) is 4.79 Å². The van der Waals surface area contributed by atoms with Gasteiger partial charge in [0.1, 0.15) is 0 Å². The smallest absolute Gasteiger partial charge is 0.304 e. The predicted molar refractivity (Wildman–Crippen MR) is 59.8 cm³/mol. The van der Waals surface area contributed by atoms with E-state index in [-0.39, 0.29) is 6.42 Å². The number of hydrogen-bond donors (Lipinski definition) is 2. The molecule has 0 fully saturated rings. The zero-order valence-corrected chi connectivity index (χ0v) is 9.94. The molecule has 4 heteroatoms. The number of aliphatic hydroxyl groups is 1. The van der Waals surface area contributed by atoms with Gasteiger partial charge in [0, 0.05) is 13.1 Å². The molecule has 0 aliphatic heterocycles. The summed E-state index contributed by atoms with van der Waals surface area (Å²) in [6, 6.07) is 0. The molecule has 0 saturated carbocycles. The molecule has 0 bridgehead atoms. The molecule has 1 unspecified atom stereocenters. The third-order valence-corrected chi connectivity index (χ3v) is 2.19. The second-order valence-electron chi connectivity index (χ2n) is 4.48. The van der Waals surface area contributed by atoms with Crippen LogP contribution < -0.4 is 0 Å². The van der Waals surface area contributed by atoms with Crippen molar-refractivity contribution in [2.24, 2.45) is 5.92 Å². The molecule has 15 heavy (non-hydrogen) atoms. The van der Waals surface area contributed by atoms with Crippen LogP contribution in [0.15, 0.2) is 0 Å². The number of rotatable bonds is 8. The molecule has 0 spiro atoms. The van der Waals surface area contributed by atoms with E-state index in [1.165, 1.54) is 0 Å². The van der Waals surface area contributed by atoms with Crippen LogP contribution in [0.1, 0.15) is 33.6 Å². The van der Waals surface area contributed by atoms with Crippen molar-refractivity contribution in [1.29, 1.82) is 0 Å². The molecule has 0 amide bonds. The van der Waals surface area contributed by atoms with Gasteiger partial charge in [0.25, 0.3) is 0 Å². The summed E-state index contributed by atoms with van der Waals surface area (Å²) in [6.45, 7) is 7.93. The van der Waals surface area contributed by atoms with Crippen LogP contribution in [0.25, 0.3) is 0 Å². The molecule has 0 heterocycles. The van der Waals surface area contributed by atoms with Crippen LogP contribution in [0.2, 0.25) is 0 Å². The predicted octanol–water partition coefficient (Wildman–Crippen LogP) is 1.19. The Balaban J connectivity index is 3.89. The summed E-state index contributed by atoms with van der Waals surface area (Å²) in [5.74, 6) is -0.179. The quantitative estimate of drug-likeness (QED) is 0.641. The van der Waals surface area contributed by atoms with Crippen molar-refractivity contribution in [3.05, 3.63) is 0 Å². The van der Waals surface area contributed by atoms with Gasteiger partial charge in [-0.05, 0) is 25.8 Å². The molecular formula is C11H23NO3. The molecule has 1 atom stereocenters. The summed E-state index contributed by atoms with van der Waals surface area (Å²) in [6.07, 6.45) is 0.780. The van der Waals surface area contributed by atoms with Crippen molar-refractivity contribution >= 4 is 5.97 Å². The summed E-state index contributed by atoms with van der Waals surface area (Å²) in [5.41, 5.74) is 0. The molecule has 0 aromatic carbocycles. The van der Waals surface area contributed by atoms with E-state index < -0.39 is 12.1 Å². The highest BCUT2D eigenvalue weighted by atomic mass is 16.4. The fraction of sp³-hybridized carbons (Fsp3) is 0.909. The van der Waals surface area contributed by atoms with Gasteiger partial charge in [-0.15, -0.1) is 0 Å². The van der Waals surface area contributed by atoms with Gasteiger partial charge in [-0.1, -0.05) is 13.8 Å². The Hall–Kier alpha value is -0.610. The van der Waals surface area contributed by atoms with E-state index in [9.17, 15) is 9.90 Å². The van der Waals surface area contributed by atoms with Crippen LogP contribution in [0.4, 0.5) is 0 Å². The maximum atomic E-state index is 10.4. The molecular weight excluding hydrogens is 194 g/mol. The highest BCUT2D eigenvalue weighted by Crippen LogP contribution is 2.03. The number of aliphatic carboxylic acids is 1. The van der Waals surface area contributed by atoms with E-state index in [0.717, 1.165) is 13.0 Å². The van der Waals surface area contributed by atoms with Gasteiger partial charge >= 0.3 is 5.97 Å². The topological polar surface area (TPSA) is 60.8 Å². The summed E-state index contributed by atoms with van der Waals surface area (Å²) < 4.78 is 0. The first-order valence-corrected chi connectivity index (χ1v) is 5.54. The molecule has 0 rings (SSSR count). The Kier molecular flexibility index (Phi) is 7.34. The fourth-order valence-corrected chi connectivity index (χ4v) is 1.36. The molecule has 0 aliphatic carbocycles. The Morgan fingerprint density at radius 3 is 2.27 bits per heavy atom. The number of carbonyl (C=O) groups is 1. The molecule has 0 saturated heterocycles. The van der Waals surface area contributed by atoms with Gasteiger partial charge in [-0.25, -0.2) is 0 Å². The van der Waals surface area contributed by atoms with Gasteiger partial charge in [0.15, 0.2) is 0 Å². The van der Waals surface area contributed by atoms with Crippen LogP contribution in [0.5, 0.6) is 0 Å². The van der Waals surface area contributed by atoms with Gasteiger partial charge in [0.05, 0.1) is 12.5 Å². The lowest BCUT2D eigenvalue weighted by Crippen LogP contribution is -2.34. The third kappa shape index (κ3) is 9.69. The minimum Gasteiger partial charge on any atom is -0.481 e. The highest BCUT2D eigenvalue weighted by molar-refractivity contribution is 5.66. The summed E-state index contributed by atoms with van der Waals surface area (Å²) in [4.78, 5) is 12.5. The van der Waals surface area contributed by atoms with Crippen molar-refractivity contribution in [3.8, 4) is 0 Å². The van der Waals surface area contributed by atoms with Crippen LogP contribution in [0, 0.1) is 5.92 Å². The van der Waals surface area contributed by atoms with E-state index in [4.69, 9.17) is 5.11 Å². The molecule has 4 nitrogen and oxygen atoms in total. The first-order chi connectivity index (χ1) is 6.91. The second-order valence-corrected chi connectivity index (χ2v) is 4.48. The minimum absolute atomic E-state index is 0.144. The second kappa shape index (κ2) is 7.65. The van der Waals surface area contributed by atoms with Crippen LogP contribution in [-0.4, -0.2) is 46.8 Å². The van der Waals surface area contributed by atoms with E-state index >= 15 is 0 Å². The van der Waals surface area contributed by atoms with E-state index in [1.807, 2.05) is 4.90 Å². The highest BCUT2D eigenvalue weighted by Gasteiger charge is 2.10. The normalized spacial score (nSPS) is 13.5. The van der Waals surface area contributed by atoms with Crippen molar-refractivity contribution in [2.45, 2.75) is 39.7 Å². The van der Waals surface area contributed by atoms with Crippen LogP contribution in [-0.2, 0) is 4.79 Å². The van der Waals surface area contributed by atoms with Crippen LogP contribution in [0.3, 0.4) is 0 Å². The lowest BCUT2D eigenvalue weighted by molar-refractivity contribution is -0.137. The Labute approximate surface area is 91.9 Å². The number of carboxylic acid groups (broad SMARTS) is 1. The minimum atomic E-state index is -0.782. The first kappa shape index (κ1) is 14.4. The largest absolute Gasteiger partial charge is 0.481 e. The van der Waals surface area contributed by atoms with Crippen molar-refractivity contribution in [3.63, 3.8) is 0 Å². The van der Waals surface area contributed by atoms with E-state index in [2.05, 4.69) is 13.8 Å². The maximum Gasteiger partial charge on any atom is 0.304 e. The van der Waals surface area contributed by atoms with Crippen molar-refractivity contribution in [1.82, 2.24) is 4.90 Å². The SMILES string of the molecule is CC(C)CCN(CCC(=O)O)CC(C)O. The molecule has 2 N–H and O–H groups in total. The zero-order valence-electron chi connectivity index (χ0n) is 9.94. The average molecular weight is 217 g/mol. The average Bonchev–Trinajstić information content (AvgIpc) is 2.08. The Morgan fingerprint density at radius 1 is 1.27 bits per heavy atom. The van der Waals surface area contributed by atoms with E-state index in [0.29, 0.717) is 19.0 Å². The van der Waals surface area contributed by atoms with Gasteiger partial charge in [-0.2, -0.15) is 0 Å². The summed E-state index contributed by atoms with van der Waals surface area (Å²) in [7, 11) is 0.